The molecule has 0 unspecified atom stereocenters. The average Bonchev–Trinajstić information content (AvgIpc) is 2.58. The molecule has 23 heavy (non-hydrogen) atoms. The zero-order chi connectivity index (χ0) is 16.1. The highest BCUT2D eigenvalue weighted by Crippen LogP contribution is 2.07. The van der Waals surface area contributed by atoms with E-state index in [4.69, 9.17) is 0 Å². The van der Waals surface area contributed by atoms with Crippen LogP contribution in [-0.2, 0) is 13.1 Å². The van der Waals surface area contributed by atoms with Gasteiger partial charge in [-0.05, 0) is 11.1 Å². The summed E-state index contributed by atoms with van der Waals surface area (Å²) in [5.41, 5.74) is 0.520. The van der Waals surface area contributed by atoms with Gasteiger partial charge in [0.2, 0.25) is 5.95 Å². The van der Waals surface area contributed by atoms with Gasteiger partial charge in [-0.15, -0.1) is 0 Å². The molecule has 0 spiro atoms. The van der Waals surface area contributed by atoms with Gasteiger partial charge in [0.15, 0.2) is 0 Å². The fourth-order valence-electron chi connectivity index (χ4n) is 2.22. The summed E-state index contributed by atoms with van der Waals surface area (Å²) in [4.78, 5) is 27.0. The van der Waals surface area contributed by atoms with E-state index in [2.05, 4.69) is 15.4 Å². The van der Waals surface area contributed by atoms with Crippen molar-refractivity contribution in [1.82, 2.24) is 14.8 Å². The Hall–Kier alpha value is -3.15. The van der Waals surface area contributed by atoms with Crippen molar-refractivity contribution >= 4 is 5.95 Å². The average molecular weight is 308 g/mol. The maximum Gasteiger partial charge on any atom is 0.340 e. The Kier molecular flexibility index (Phi) is 4.33. The molecule has 0 aliphatic carbocycles. The van der Waals surface area contributed by atoms with E-state index in [9.17, 15) is 9.59 Å². The van der Waals surface area contributed by atoms with E-state index in [1.54, 1.807) is 4.68 Å². The number of aromatic amines is 1. The van der Waals surface area contributed by atoms with E-state index in [1.165, 1.54) is 0 Å². The van der Waals surface area contributed by atoms with Crippen LogP contribution in [0.25, 0.3) is 0 Å². The Morgan fingerprint density at radius 1 is 0.913 bits per heavy atom. The third kappa shape index (κ3) is 3.74. The first-order valence-electron chi connectivity index (χ1n) is 7.25. The second kappa shape index (κ2) is 6.74. The fourth-order valence-corrected chi connectivity index (χ4v) is 2.22. The normalized spacial score (nSPS) is 10.4. The lowest BCUT2D eigenvalue weighted by Gasteiger charge is -2.13. The third-order valence-corrected chi connectivity index (χ3v) is 3.37. The lowest BCUT2D eigenvalue weighted by molar-refractivity contribution is 0.632. The molecule has 0 bridgehead atoms. The predicted octanol–water partition coefficient (Wildman–Crippen LogP) is 1.59. The maximum atomic E-state index is 11.6. The van der Waals surface area contributed by atoms with Gasteiger partial charge in [-0.3, -0.25) is 14.7 Å². The highest BCUT2D eigenvalue weighted by Gasteiger charge is 2.07. The minimum atomic E-state index is -0.801. The number of hydrogen-bond donors (Lipinski definition) is 2. The summed E-state index contributed by atoms with van der Waals surface area (Å²) in [6, 6.07) is 19.4. The van der Waals surface area contributed by atoms with Gasteiger partial charge in [0.1, 0.15) is 0 Å². The van der Waals surface area contributed by atoms with Gasteiger partial charge >= 0.3 is 11.1 Å². The summed E-state index contributed by atoms with van der Waals surface area (Å²) < 4.78 is 1.54. The van der Waals surface area contributed by atoms with Crippen molar-refractivity contribution in [2.24, 2.45) is 0 Å². The number of benzene rings is 2. The second-order valence-electron chi connectivity index (χ2n) is 5.09. The highest BCUT2D eigenvalue weighted by atomic mass is 16.2. The number of H-pyrrole nitrogens is 1. The van der Waals surface area contributed by atoms with Crippen molar-refractivity contribution in [1.29, 1.82) is 0 Å². The van der Waals surface area contributed by atoms with Crippen LogP contribution in [0.4, 0.5) is 5.95 Å². The smallest absolute Gasteiger partial charge is 0.340 e. The lowest BCUT2D eigenvalue weighted by atomic mass is 10.2. The van der Waals surface area contributed by atoms with Crippen LogP contribution in [0.15, 0.2) is 70.3 Å². The predicted molar refractivity (Wildman–Crippen MR) is 88.4 cm³/mol. The molecule has 0 radical (unpaired) electrons. The number of rotatable bonds is 5. The fraction of sp³-hybridized carbons (Fsp3) is 0.118. The molecular formula is C17H16N4O2. The van der Waals surface area contributed by atoms with Gasteiger partial charge in [-0.1, -0.05) is 60.7 Å². The monoisotopic (exact) mass is 308 g/mol. The minimum absolute atomic E-state index is 0.335. The first kappa shape index (κ1) is 14.8. The van der Waals surface area contributed by atoms with Gasteiger partial charge in [-0.2, -0.15) is 4.98 Å². The van der Waals surface area contributed by atoms with Crippen LogP contribution in [0.3, 0.4) is 0 Å². The van der Waals surface area contributed by atoms with Gasteiger partial charge in [0.25, 0.3) is 0 Å². The molecule has 0 amide bonds. The number of hydrogen-bond acceptors (Lipinski definition) is 4. The maximum absolute atomic E-state index is 11.6. The van der Waals surface area contributed by atoms with E-state index in [0.717, 1.165) is 11.1 Å². The van der Waals surface area contributed by atoms with E-state index in [0.29, 0.717) is 19.0 Å². The molecule has 6 nitrogen and oxygen atoms in total. The van der Waals surface area contributed by atoms with Crippen LogP contribution >= 0.6 is 0 Å². The van der Waals surface area contributed by atoms with Crippen LogP contribution in [0.1, 0.15) is 11.1 Å². The van der Waals surface area contributed by atoms with Crippen LogP contribution in [0, 0.1) is 0 Å². The highest BCUT2D eigenvalue weighted by molar-refractivity contribution is 5.28. The number of anilines is 1. The molecule has 3 rings (SSSR count). The van der Waals surface area contributed by atoms with E-state index in [-0.39, 0.29) is 0 Å². The van der Waals surface area contributed by atoms with Crippen LogP contribution in [0.2, 0.25) is 0 Å². The number of nitrogens with one attached hydrogen (secondary N) is 2. The quantitative estimate of drug-likeness (QED) is 0.702. The van der Waals surface area contributed by atoms with Crippen molar-refractivity contribution in [3.63, 3.8) is 0 Å². The Balaban J connectivity index is 1.87. The zero-order valence-corrected chi connectivity index (χ0v) is 12.4. The van der Waals surface area contributed by atoms with Crippen molar-refractivity contribution in [3.05, 3.63) is 92.5 Å². The molecule has 2 aromatic carbocycles. The van der Waals surface area contributed by atoms with Gasteiger partial charge in [-0.25, -0.2) is 4.68 Å². The Labute approximate surface area is 132 Å². The molecule has 0 fully saturated rings. The molecule has 0 saturated carbocycles. The summed E-state index contributed by atoms with van der Waals surface area (Å²) in [5, 5.41) is 5.65. The molecule has 0 aliphatic rings. The van der Waals surface area contributed by atoms with Crippen molar-refractivity contribution in [3.8, 4) is 0 Å². The Morgan fingerprint density at radius 2 is 1.52 bits per heavy atom. The van der Waals surface area contributed by atoms with Gasteiger partial charge < -0.3 is 5.32 Å². The van der Waals surface area contributed by atoms with Crippen LogP contribution in [0.5, 0.6) is 0 Å². The lowest BCUT2D eigenvalue weighted by Crippen LogP contribution is -2.35. The first-order chi connectivity index (χ1) is 11.2. The van der Waals surface area contributed by atoms with Gasteiger partial charge in [0, 0.05) is 6.54 Å². The third-order valence-electron chi connectivity index (χ3n) is 3.37. The summed E-state index contributed by atoms with van der Waals surface area (Å²) in [7, 11) is 0. The molecule has 1 aromatic heterocycles. The molecule has 0 aliphatic heterocycles. The molecule has 0 atom stereocenters. The number of nitrogens with zero attached hydrogens (tertiary/aromatic N) is 2. The zero-order valence-electron chi connectivity index (χ0n) is 12.4. The van der Waals surface area contributed by atoms with Crippen molar-refractivity contribution in [2.45, 2.75) is 13.1 Å². The molecule has 0 saturated heterocycles. The van der Waals surface area contributed by atoms with Gasteiger partial charge in [0.05, 0.1) is 6.54 Å². The van der Waals surface area contributed by atoms with Crippen LogP contribution < -0.4 is 16.4 Å². The van der Waals surface area contributed by atoms with Crippen LogP contribution in [-0.4, -0.2) is 14.8 Å². The summed E-state index contributed by atoms with van der Waals surface area (Å²) in [5.74, 6) is 0.335. The molecule has 1 heterocycles. The minimum Gasteiger partial charge on any atom is -0.350 e. The topological polar surface area (TPSA) is 79.8 Å². The molecular weight excluding hydrogens is 292 g/mol. The van der Waals surface area contributed by atoms with E-state index >= 15 is 0 Å². The second-order valence-corrected chi connectivity index (χ2v) is 5.09. The first-order valence-corrected chi connectivity index (χ1v) is 7.25. The number of aromatic nitrogens is 3. The standard InChI is InChI=1S/C17H16N4O2/c22-15-16(23)20-21(12-14-9-5-2-6-10-14)17(19-15)18-11-13-7-3-1-4-8-13/h1-10H,11-12H2,(H,20,23)(H,18,19,22). The Bertz CT molecular complexity index is 886. The summed E-state index contributed by atoms with van der Waals surface area (Å²) in [6.07, 6.45) is 0. The summed E-state index contributed by atoms with van der Waals surface area (Å²) >= 11 is 0. The molecule has 116 valence electrons. The SMILES string of the molecule is O=c1nc(NCc2ccccc2)n(Cc2ccccc2)[nH]c1=O. The van der Waals surface area contributed by atoms with E-state index in [1.807, 2.05) is 60.7 Å². The van der Waals surface area contributed by atoms with E-state index < -0.39 is 11.1 Å². The molecule has 3 aromatic rings. The van der Waals surface area contributed by atoms with Crippen molar-refractivity contribution in [2.75, 3.05) is 5.32 Å². The largest absolute Gasteiger partial charge is 0.350 e. The Morgan fingerprint density at radius 3 is 2.17 bits per heavy atom. The molecule has 6 heteroatoms. The summed E-state index contributed by atoms with van der Waals surface area (Å²) in [6.45, 7) is 0.925. The van der Waals surface area contributed by atoms with Crippen molar-refractivity contribution < 1.29 is 0 Å². The molecule has 2 N–H and O–H groups in total.